The molecule has 17 heavy (non-hydrogen) atoms. The molecule has 3 nitrogen and oxygen atoms in total. The van der Waals surface area contributed by atoms with Crippen LogP contribution in [0.1, 0.15) is 24.8 Å². The number of hydrogen-bond donors (Lipinski definition) is 1. The second-order valence-corrected chi connectivity index (χ2v) is 5.55. The normalized spacial score (nSPS) is 31.6. The van der Waals surface area contributed by atoms with Crippen LogP contribution in [0.3, 0.4) is 0 Å². The van der Waals surface area contributed by atoms with Gasteiger partial charge in [-0.1, -0.05) is 15.9 Å². The summed E-state index contributed by atoms with van der Waals surface area (Å²) in [5.74, 6) is 0.724. The van der Waals surface area contributed by atoms with E-state index < -0.39 is 0 Å². The number of aliphatic hydroxyl groups excluding tert-OH is 1. The number of fused-ring (bicyclic) bond motifs is 1. The monoisotopic (exact) mass is 295 g/mol. The minimum Gasteiger partial charge on any atom is -0.472 e. The molecule has 1 N–H and O–H groups in total. The van der Waals surface area contributed by atoms with Gasteiger partial charge in [-0.25, -0.2) is 4.99 Å². The maximum atomic E-state index is 9.61. The summed E-state index contributed by atoms with van der Waals surface area (Å²) >= 11 is 3.41. The summed E-state index contributed by atoms with van der Waals surface area (Å²) in [6.45, 7) is 0. The van der Waals surface area contributed by atoms with Crippen molar-refractivity contribution >= 4 is 21.8 Å². The predicted octanol–water partition coefficient (Wildman–Crippen LogP) is 2.51. The number of halogens is 1. The second-order valence-electron chi connectivity index (χ2n) is 4.63. The molecule has 0 amide bonds. The Hall–Kier alpha value is -0.870. The second kappa shape index (κ2) is 4.42. The molecule has 4 heteroatoms. The molecular weight excluding hydrogens is 282 g/mol. The highest BCUT2D eigenvalue weighted by Crippen LogP contribution is 2.30. The Morgan fingerprint density at radius 3 is 2.76 bits per heavy atom. The van der Waals surface area contributed by atoms with Crippen molar-refractivity contribution in [3.05, 3.63) is 34.3 Å². The molecule has 0 bridgehead atoms. The van der Waals surface area contributed by atoms with Crippen LogP contribution in [-0.2, 0) is 4.74 Å². The minimum atomic E-state index is -0.226. The third-order valence-corrected chi connectivity index (χ3v) is 3.90. The fourth-order valence-electron chi connectivity index (χ4n) is 2.43. The lowest BCUT2D eigenvalue weighted by molar-refractivity contribution is 0.0507. The van der Waals surface area contributed by atoms with Gasteiger partial charge in [0.15, 0.2) is 0 Å². The maximum absolute atomic E-state index is 9.61. The summed E-state index contributed by atoms with van der Waals surface area (Å²) in [6.07, 6.45) is 2.30. The van der Waals surface area contributed by atoms with Crippen molar-refractivity contribution in [2.75, 3.05) is 0 Å². The van der Waals surface area contributed by atoms with E-state index in [2.05, 4.69) is 20.9 Å². The summed E-state index contributed by atoms with van der Waals surface area (Å²) in [4.78, 5) is 4.61. The molecular formula is C13H14BrNO2. The first kappa shape index (κ1) is 11.2. The van der Waals surface area contributed by atoms with Crippen molar-refractivity contribution < 1.29 is 9.84 Å². The average molecular weight is 296 g/mol. The molecule has 1 aliphatic heterocycles. The molecule has 3 unspecified atom stereocenters. The van der Waals surface area contributed by atoms with Gasteiger partial charge in [-0.15, -0.1) is 0 Å². The van der Waals surface area contributed by atoms with Crippen LogP contribution in [-0.4, -0.2) is 29.3 Å². The first-order valence-corrected chi connectivity index (χ1v) is 6.70. The number of aliphatic hydroxyl groups is 1. The van der Waals surface area contributed by atoms with Crippen molar-refractivity contribution in [1.82, 2.24) is 0 Å². The smallest absolute Gasteiger partial charge is 0.216 e. The van der Waals surface area contributed by atoms with Crippen molar-refractivity contribution in [3.63, 3.8) is 0 Å². The van der Waals surface area contributed by atoms with Crippen molar-refractivity contribution in [2.45, 2.75) is 37.5 Å². The van der Waals surface area contributed by atoms with E-state index in [1.54, 1.807) is 0 Å². The highest BCUT2D eigenvalue weighted by molar-refractivity contribution is 9.10. The highest BCUT2D eigenvalue weighted by atomic mass is 79.9. The maximum Gasteiger partial charge on any atom is 0.216 e. The van der Waals surface area contributed by atoms with E-state index >= 15 is 0 Å². The Morgan fingerprint density at radius 1 is 1.24 bits per heavy atom. The minimum absolute atomic E-state index is 0.0670. The first-order valence-electron chi connectivity index (χ1n) is 5.91. The van der Waals surface area contributed by atoms with Gasteiger partial charge in [0.2, 0.25) is 5.90 Å². The van der Waals surface area contributed by atoms with Crippen molar-refractivity contribution in [3.8, 4) is 0 Å². The Labute approximate surface area is 109 Å². The van der Waals surface area contributed by atoms with Crippen LogP contribution in [0.2, 0.25) is 0 Å². The fraction of sp³-hybridized carbons (Fsp3) is 0.462. The molecule has 1 aliphatic carbocycles. The van der Waals surface area contributed by atoms with E-state index in [4.69, 9.17) is 4.74 Å². The lowest BCUT2D eigenvalue weighted by atomic mass is 9.91. The Balaban J connectivity index is 1.80. The van der Waals surface area contributed by atoms with Crippen molar-refractivity contribution in [2.24, 2.45) is 4.99 Å². The third kappa shape index (κ3) is 2.24. The van der Waals surface area contributed by atoms with Crippen LogP contribution in [0.4, 0.5) is 0 Å². The van der Waals surface area contributed by atoms with Crippen LogP contribution >= 0.6 is 15.9 Å². The molecule has 3 atom stereocenters. The largest absolute Gasteiger partial charge is 0.472 e. The van der Waals surface area contributed by atoms with Crippen LogP contribution in [0.25, 0.3) is 0 Å². The average Bonchev–Trinajstić information content (AvgIpc) is 2.72. The van der Waals surface area contributed by atoms with Gasteiger partial charge < -0.3 is 9.84 Å². The van der Waals surface area contributed by atoms with E-state index in [-0.39, 0.29) is 18.2 Å². The zero-order valence-electron chi connectivity index (χ0n) is 9.34. The van der Waals surface area contributed by atoms with E-state index in [1.165, 1.54) is 0 Å². The van der Waals surface area contributed by atoms with Gasteiger partial charge in [-0.05, 0) is 37.1 Å². The third-order valence-electron chi connectivity index (χ3n) is 3.37. The number of aliphatic imine (C=N–C) groups is 1. The summed E-state index contributed by atoms with van der Waals surface area (Å²) in [6, 6.07) is 8.20. The van der Waals surface area contributed by atoms with Gasteiger partial charge >= 0.3 is 0 Å². The fourth-order valence-corrected chi connectivity index (χ4v) is 2.69. The number of ether oxygens (including phenoxy) is 1. The molecule has 1 fully saturated rings. The van der Waals surface area contributed by atoms with Gasteiger partial charge in [0.05, 0.1) is 12.1 Å². The van der Waals surface area contributed by atoms with Gasteiger partial charge in [-0.3, -0.25) is 0 Å². The van der Waals surface area contributed by atoms with Gasteiger partial charge in [0, 0.05) is 16.5 Å². The molecule has 1 saturated carbocycles. The molecule has 0 saturated heterocycles. The van der Waals surface area contributed by atoms with Gasteiger partial charge in [-0.2, -0.15) is 0 Å². The van der Waals surface area contributed by atoms with Crippen LogP contribution in [0, 0.1) is 0 Å². The summed E-state index contributed by atoms with van der Waals surface area (Å²) in [5, 5.41) is 9.61. The van der Waals surface area contributed by atoms with E-state index in [0.717, 1.165) is 28.8 Å². The van der Waals surface area contributed by atoms with Gasteiger partial charge in [0.1, 0.15) is 6.10 Å². The number of rotatable bonds is 1. The van der Waals surface area contributed by atoms with Crippen molar-refractivity contribution in [1.29, 1.82) is 0 Å². The molecule has 1 heterocycles. The standard InChI is InChI=1S/C13H14BrNO2/c14-9-3-1-8(2-4-9)13-15-11-6-5-10(16)7-12(11)17-13/h1-4,10-12,16H,5-7H2. The molecule has 1 aromatic carbocycles. The number of benzene rings is 1. The SMILES string of the molecule is OC1CCC2N=C(c3ccc(Br)cc3)OC2C1. The Morgan fingerprint density at radius 2 is 2.00 bits per heavy atom. The van der Waals surface area contributed by atoms with E-state index in [0.29, 0.717) is 6.42 Å². The zero-order valence-corrected chi connectivity index (χ0v) is 10.9. The molecule has 0 aromatic heterocycles. The Kier molecular flexibility index (Phi) is 2.92. The highest BCUT2D eigenvalue weighted by Gasteiger charge is 2.36. The molecule has 3 rings (SSSR count). The Bertz CT molecular complexity index is 443. The first-order chi connectivity index (χ1) is 8.22. The lowest BCUT2D eigenvalue weighted by Crippen LogP contribution is -2.33. The molecule has 90 valence electrons. The zero-order chi connectivity index (χ0) is 11.8. The number of nitrogens with zero attached hydrogens (tertiary/aromatic N) is 1. The summed E-state index contributed by atoms with van der Waals surface area (Å²) in [5.41, 5.74) is 1.01. The molecule has 2 aliphatic rings. The van der Waals surface area contributed by atoms with E-state index in [1.807, 2.05) is 24.3 Å². The molecule has 1 aromatic rings. The van der Waals surface area contributed by atoms with Crippen LogP contribution < -0.4 is 0 Å². The topological polar surface area (TPSA) is 41.8 Å². The lowest BCUT2D eigenvalue weighted by Gasteiger charge is -2.26. The van der Waals surface area contributed by atoms with Gasteiger partial charge in [0.25, 0.3) is 0 Å². The molecule has 0 spiro atoms. The summed E-state index contributed by atoms with van der Waals surface area (Å²) < 4.78 is 6.89. The molecule has 0 radical (unpaired) electrons. The quantitative estimate of drug-likeness (QED) is 0.865. The van der Waals surface area contributed by atoms with E-state index in [9.17, 15) is 5.11 Å². The summed E-state index contributed by atoms with van der Waals surface area (Å²) in [7, 11) is 0. The predicted molar refractivity (Wildman–Crippen MR) is 69.2 cm³/mol. The number of hydrogen-bond acceptors (Lipinski definition) is 3. The van der Waals surface area contributed by atoms with Crippen LogP contribution in [0.5, 0.6) is 0 Å². The van der Waals surface area contributed by atoms with Crippen LogP contribution in [0.15, 0.2) is 33.7 Å².